The maximum absolute atomic E-state index is 4.94. The lowest BCUT2D eigenvalue weighted by atomic mass is 10.6. The molecule has 1 N–H and O–H groups in total. The summed E-state index contributed by atoms with van der Waals surface area (Å²) in [6.45, 7) is 0. The Balaban J connectivity index is 2.11. The highest BCUT2D eigenvalue weighted by Crippen LogP contribution is 2.10. The highest BCUT2D eigenvalue weighted by atomic mass is 16.5. The maximum atomic E-state index is 4.94. The van der Waals surface area contributed by atoms with E-state index in [2.05, 4.69) is 25.3 Å². The molecule has 0 unspecified atom stereocenters. The maximum Gasteiger partial charge on any atom is 0.228 e. The molecule has 2 aromatic heterocycles. The standard InChI is InChI=1S/C9H9N5O/c1-15-7-4-12-9(13-5-7)14-8-6-10-2-3-11-8/h2-6H,1H3,(H,11,12,13,14). The van der Waals surface area contributed by atoms with E-state index in [1.54, 1.807) is 38.1 Å². The molecule has 0 saturated heterocycles. The number of ether oxygens (including phenoxy) is 1. The van der Waals surface area contributed by atoms with Crippen molar-refractivity contribution in [1.29, 1.82) is 0 Å². The molecule has 15 heavy (non-hydrogen) atoms. The molecule has 2 aromatic rings. The Hall–Kier alpha value is -2.24. The average molecular weight is 203 g/mol. The average Bonchev–Trinajstić information content (AvgIpc) is 2.31. The summed E-state index contributed by atoms with van der Waals surface area (Å²) in [6, 6.07) is 0. The van der Waals surface area contributed by atoms with Crippen molar-refractivity contribution >= 4 is 11.8 Å². The lowest BCUT2D eigenvalue weighted by molar-refractivity contribution is 0.411. The molecule has 0 aliphatic rings. The molecule has 0 aliphatic heterocycles. The van der Waals surface area contributed by atoms with E-state index in [9.17, 15) is 0 Å². The van der Waals surface area contributed by atoms with Gasteiger partial charge in [0.15, 0.2) is 11.6 Å². The molecular weight excluding hydrogens is 194 g/mol. The van der Waals surface area contributed by atoms with Crippen LogP contribution < -0.4 is 10.1 Å². The quantitative estimate of drug-likeness (QED) is 0.802. The highest BCUT2D eigenvalue weighted by Gasteiger charge is 1.98. The van der Waals surface area contributed by atoms with Crippen molar-refractivity contribution in [3.05, 3.63) is 31.0 Å². The van der Waals surface area contributed by atoms with Crippen LogP contribution >= 0.6 is 0 Å². The van der Waals surface area contributed by atoms with Crippen LogP contribution in [0.2, 0.25) is 0 Å². The van der Waals surface area contributed by atoms with Gasteiger partial charge in [0.2, 0.25) is 5.95 Å². The van der Waals surface area contributed by atoms with Crippen molar-refractivity contribution in [2.45, 2.75) is 0 Å². The molecule has 6 heteroatoms. The van der Waals surface area contributed by atoms with Gasteiger partial charge in [0.05, 0.1) is 25.7 Å². The number of nitrogens with one attached hydrogen (secondary N) is 1. The molecule has 0 radical (unpaired) electrons. The van der Waals surface area contributed by atoms with E-state index in [0.717, 1.165) is 0 Å². The van der Waals surface area contributed by atoms with Crippen LogP contribution in [0.5, 0.6) is 5.75 Å². The van der Waals surface area contributed by atoms with Crippen LogP contribution in [-0.2, 0) is 0 Å². The van der Waals surface area contributed by atoms with E-state index < -0.39 is 0 Å². The van der Waals surface area contributed by atoms with Gasteiger partial charge in [-0.3, -0.25) is 4.98 Å². The van der Waals surface area contributed by atoms with Crippen LogP contribution in [0.25, 0.3) is 0 Å². The summed E-state index contributed by atoms with van der Waals surface area (Å²) < 4.78 is 4.94. The summed E-state index contributed by atoms with van der Waals surface area (Å²) in [5.41, 5.74) is 0. The Morgan fingerprint density at radius 1 is 1.07 bits per heavy atom. The van der Waals surface area contributed by atoms with Crippen LogP contribution in [0, 0.1) is 0 Å². The Morgan fingerprint density at radius 3 is 2.47 bits per heavy atom. The lowest BCUT2D eigenvalue weighted by Crippen LogP contribution is -1.98. The van der Waals surface area contributed by atoms with Crippen molar-refractivity contribution in [2.24, 2.45) is 0 Å². The summed E-state index contributed by atoms with van der Waals surface area (Å²) in [6.07, 6.45) is 7.93. The van der Waals surface area contributed by atoms with Gasteiger partial charge in [-0.25, -0.2) is 15.0 Å². The summed E-state index contributed by atoms with van der Waals surface area (Å²) >= 11 is 0. The molecule has 2 rings (SSSR count). The fourth-order valence-electron chi connectivity index (χ4n) is 0.964. The number of rotatable bonds is 3. The number of hydrogen-bond acceptors (Lipinski definition) is 6. The monoisotopic (exact) mass is 203 g/mol. The second kappa shape index (κ2) is 4.32. The van der Waals surface area contributed by atoms with Gasteiger partial charge >= 0.3 is 0 Å². The molecule has 0 aliphatic carbocycles. The predicted molar refractivity (Wildman–Crippen MR) is 53.9 cm³/mol. The number of hydrogen-bond donors (Lipinski definition) is 1. The van der Waals surface area contributed by atoms with Crippen molar-refractivity contribution in [3.63, 3.8) is 0 Å². The first-order valence-electron chi connectivity index (χ1n) is 4.27. The van der Waals surface area contributed by atoms with E-state index in [4.69, 9.17) is 4.74 Å². The minimum atomic E-state index is 0.455. The molecule has 0 bridgehead atoms. The van der Waals surface area contributed by atoms with Gasteiger partial charge < -0.3 is 10.1 Å². The third-order valence-electron chi connectivity index (χ3n) is 1.67. The van der Waals surface area contributed by atoms with Gasteiger partial charge in [0.25, 0.3) is 0 Å². The molecule has 2 heterocycles. The van der Waals surface area contributed by atoms with E-state index in [1.807, 2.05) is 0 Å². The zero-order chi connectivity index (χ0) is 10.5. The van der Waals surface area contributed by atoms with Gasteiger partial charge in [-0.1, -0.05) is 0 Å². The third kappa shape index (κ3) is 2.37. The predicted octanol–water partition coefficient (Wildman–Crippen LogP) is 1.02. The minimum Gasteiger partial charge on any atom is -0.494 e. The molecular formula is C9H9N5O. The molecule has 0 amide bonds. The summed E-state index contributed by atoms with van der Waals surface area (Å²) in [4.78, 5) is 16.0. The third-order valence-corrected chi connectivity index (χ3v) is 1.67. The zero-order valence-electron chi connectivity index (χ0n) is 8.08. The molecule has 0 spiro atoms. The Kier molecular flexibility index (Phi) is 2.68. The normalized spacial score (nSPS) is 9.67. The number of anilines is 2. The molecule has 0 atom stereocenters. The second-order valence-electron chi connectivity index (χ2n) is 2.66. The van der Waals surface area contributed by atoms with Crippen molar-refractivity contribution in [1.82, 2.24) is 19.9 Å². The minimum absolute atomic E-state index is 0.455. The van der Waals surface area contributed by atoms with Crippen LogP contribution in [0.15, 0.2) is 31.0 Å². The fraction of sp³-hybridized carbons (Fsp3) is 0.111. The van der Waals surface area contributed by atoms with Crippen LogP contribution in [0.4, 0.5) is 11.8 Å². The van der Waals surface area contributed by atoms with Gasteiger partial charge in [-0.2, -0.15) is 0 Å². The molecule has 0 saturated carbocycles. The summed E-state index contributed by atoms with van der Waals surface area (Å²) in [5, 5.41) is 2.90. The van der Waals surface area contributed by atoms with Crippen molar-refractivity contribution < 1.29 is 4.74 Å². The van der Waals surface area contributed by atoms with Crippen molar-refractivity contribution in [3.8, 4) is 5.75 Å². The largest absolute Gasteiger partial charge is 0.494 e. The number of nitrogens with zero attached hydrogens (tertiary/aromatic N) is 4. The van der Waals surface area contributed by atoms with Crippen molar-refractivity contribution in [2.75, 3.05) is 12.4 Å². The van der Waals surface area contributed by atoms with E-state index in [1.165, 1.54) is 0 Å². The molecule has 0 aromatic carbocycles. The van der Waals surface area contributed by atoms with E-state index in [-0.39, 0.29) is 0 Å². The first-order valence-corrected chi connectivity index (χ1v) is 4.27. The first-order chi connectivity index (χ1) is 7.38. The Labute approximate surface area is 86.4 Å². The number of aromatic nitrogens is 4. The molecule has 0 fully saturated rings. The number of methoxy groups -OCH3 is 1. The van der Waals surface area contributed by atoms with Crippen LogP contribution in [0.1, 0.15) is 0 Å². The SMILES string of the molecule is COc1cnc(Nc2cnccn2)nc1. The van der Waals surface area contributed by atoms with Gasteiger partial charge in [-0.05, 0) is 0 Å². The zero-order valence-corrected chi connectivity index (χ0v) is 8.08. The summed E-state index contributed by atoms with van der Waals surface area (Å²) in [7, 11) is 1.56. The Bertz CT molecular complexity index is 416. The van der Waals surface area contributed by atoms with Crippen LogP contribution in [0.3, 0.4) is 0 Å². The smallest absolute Gasteiger partial charge is 0.228 e. The lowest BCUT2D eigenvalue weighted by Gasteiger charge is -2.03. The Morgan fingerprint density at radius 2 is 1.87 bits per heavy atom. The first kappa shape index (κ1) is 9.32. The van der Waals surface area contributed by atoms with Gasteiger partial charge in [0, 0.05) is 12.4 Å². The summed E-state index contributed by atoms with van der Waals surface area (Å²) in [5.74, 6) is 1.67. The fourth-order valence-corrected chi connectivity index (χ4v) is 0.964. The van der Waals surface area contributed by atoms with Crippen LogP contribution in [-0.4, -0.2) is 27.0 Å². The highest BCUT2D eigenvalue weighted by molar-refractivity contribution is 5.45. The van der Waals surface area contributed by atoms with E-state index in [0.29, 0.717) is 17.5 Å². The van der Waals surface area contributed by atoms with E-state index >= 15 is 0 Å². The van der Waals surface area contributed by atoms with Gasteiger partial charge in [0.1, 0.15) is 0 Å². The molecule has 76 valence electrons. The second-order valence-corrected chi connectivity index (χ2v) is 2.66. The van der Waals surface area contributed by atoms with Gasteiger partial charge in [-0.15, -0.1) is 0 Å². The topological polar surface area (TPSA) is 72.8 Å². The molecule has 6 nitrogen and oxygen atoms in total.